The maximum Gasteiger partial charge on any atom is 0.256 e. The quantitative estimate of drug-likeness (QED) is 0.771. The number of nitrogens with zero attached hydrogens (tertiary/aromatic N) is 4. The zero-order valence-corrected chi connectivity index (χ0v) is 17.3. The summed E-state index contributed by atoms with van der Waals surface area (Å²) < 4.78 is 26.4. The Hall–Kier alpha value is -1.64. The second-order valence-corrected chi connectivity index (χ2v) is 9.76. The van der Waals surface area contributed by atoms with Crippen molar-refractivity contribution in [2.24, 2.45) is 0 Å². The summed E-state index contributed by atoms with van der Waals surface area (Å²) in [4.78, 5) is 19.8. The number of sulfonamides is 1. The van der Waals surface area contributed by atoms with E-state index in [0.29, 0.717) is 18.7 Å². The Bertz CT molecular complexity index is 788. The molecule has 1 amide bonds. The van der Waals surface area contributed by atoms with E-state index in [2.05, 4.69) is 16.8 Å². The summed E-state index contributed by atoms with van der Waals surface area (Å²) in [5.41, 5.74) is 1.36. The molecule has 27 heavy (non-hydrogen) atoms. The zero-order valence-electron chi connectivity index (χ0n) is 16.5. The molecule has 2 heterocycles. The van der Waals surface area contributed by atoms with Gasteiger partial charge in [0.1, 0.15) is 0 Å². The highest BCUT2D eigenvalue weighted by Crippen LogP contribution is 2.29. The van der Waals surface area contributed by atoms with Gasteiger partial charge in [-0.2, -0.15) is 0 Å². The van der Waals surface area contributed by atoms with Gasteiger partial charge in [0.25, 0.3) is 5.91 Å². The van der Waals surface area contributed by atoms with Gasteiger partial charge < -0.3 is 14.7 Å². The van der Waals surface area contributed by atoms with Gasteiger partial charge in [0, 0.05) is 52.5 Å². The van der Waals surface area contributed by atoms with Crippen LogP contribution in [0.1, 0.15) is 29.6 Å². The summed E-state index contributed by atoms with van der Waals surface area (Å²) in [5.74, 6) is -0.0667. The average Bonchev–Trinajstić information content (AvgIpc) is 3.09. The second kappa shape index (κ2) is 8.16. The van der Waals surface area contributed by atoms with Gasteiger partial charge in [-0.1, -0.05) is 0 Å². The number of hydrogen-bond acceptors (Lipinski definition) is 5. The van der Waals surface area contributed by atoms with Crippen molar-refractivity contribution in [1.29, 1.82) is 0 Å². The molecule has 1 aromatic carbocycles. The molecule has 8 heteroatoms. The molecule has 0 atom stereocenters. The molecule has 1 aromatic rings. The van der Waals surface area contributed by atoms with Gasteiger partial charge in [-0.15, -0.1) is 0 Å². The maximum atomic E-state index is 13.4. The number of carbonyl (C=O) groups is 1. The van der Waals surface area contributed by atoms with Crippen LogP contribution in [0.5, 0.6) is 0 Å². The van der Waals surface area contributed by atoms with Gasteiger partial charge >= 0.3 is 0 Å². The van der Waals surface area contributed by atoms with Crippen molar-refractivity contribution < 1.29 is 13.2 Å². The van der Waals surface area contributed by atoms with Gasteiger partial charge in [-0.3, -0.25) is 4.79 Å². The number of amides is 1. The molecule has 7 nitrogen and oxygen atoms in total. The van der Waals surface area contributed by atoms with Crippen molar-refractivity contribution in [2.45, 2.75) is 24.2 Å². The lowest BCUT2D eigenvalue weighted by molar-refractivity contribution is 0.0763. The third kappa shape index (κ3) is 4.28. The Balaban J connectivity index is 2.00. The number of anilines is 1. The molecule has 2 aliphatic heterocycles. The predicted molar refractivity (Wildman–Crippen MR) is 107 cm³/mol. The first-order valence-corrected chi connectivity index (χ1v) is 11.0. The van der Waals surface area contributed by atoms with Crippen molar-refractivity contribution in [1.82, 2.24) is 14.1 Å². The Morgan fingerprint density at radius 3 is 2.33 bits per heavy atom. The maximum absolute atomic E-state index is 13.4. The van der Waals surface area contributed by atoms with E-state index in [4.69, 9.17) is 0 Å². The third-order valence-electron chi connectivity index (χ3n) is 5.43. The fourth-order valence-electron chi connectivity index (χ4n) is 3.71. The van der Waals surface area contributed by atoms with Gasteiger partial charge in [0.15, 0.2) is 0 Å². The van der Waals surface area contributed by atoms with Crippen LogP contribution in [0.15, 0.2) is 23.1 Å². The van der Waals surface area contributed by atoms with Gasteiger partial charge in [0.2, 0.25) is 10.0 Å². The zero-order chi connectivity index (χ0) is 19.6. The molecule has 0 aromatic heterocycles. The Morgan fingerprint density at radius 1 is 0.963 bits per heavy atom. The first kappa shape index (κ1) is 20.1. The lowest BCUT2D eigenvalue weighted by Gasteiger charge is -2.26. The van der Waals surface area contributed by atoms with Crippen molar-refractivity contribution >= 4 is 21.6 Å². The van der Waals surface area contributed by atoms with Crippen molar-refractivity contribution in [3.63, 3.8) is 0 Å². The summed E-state index contributed by atoms with van der Waals surface area (Å²) in [7, 11) is 1.50. The van der Waals surface area contributed by atoms with Crippen LogP contribution in [0.25, 0.3) is 0 Å². The predicted octanol–water partition coefficient (Wildman–Crippen LogP) is 1.31. The van der Waals surface area contributed by atoms with E-state index in [9.17, 15) is 13.2 Å². The molecule has 0 N–H and O–H groups in total. The van der Waals surface area contributed by atoms with Gasteiger partial charge in [-0.25, -0.2) is 12.7 Å². The van der Waals surface area contributed by atoms with Crippen LogP contribution < -0.4 is 4.90 Å². The average molecular weight is 395 g/mol. The lowest BCUT2D eigenvalue weighted by atomic mass is 10.1. The molecule has 2 fully saturated rings. The first-order valence-electron chi connectivity index (χ1n) is 9.60. The molecule has 2 saturated heterocycles. The van der Waals surface area contributed by atoms with Crippen LogP contribution in [-0.4, -0.2) is 88.8 Å². The summed E-state index contributed by atoms with van der Waals surface area (Å²) in [6.07, 6.45) is 3.12. The molecular weight excluding hydrogens is 364 g/mol. The molecule has 0 bridgehead atoms. The minimum atomic E-state index is -3.58. The molecule has 0 aliphatic carbocycles. The van der Waals surface area contributed by atoms with Crippen molar-refractivity contribution in [3.8, 4) is 0 Å². The first-order chi connectivity index (χ1) is 12.8. The number of likely N-dealkylation sites (N-methyl/N-ethyl adjacent to an activating group) is 1. The highest BCUT2D eigenvalue weighted by Gasteiger charge is 2.27. The lowest BCUT2D eigenvalue weighted by Crippen LogP contribution is -2.36. The topological polar surface area (TPSA) is 64.2 Å². The van der Waals surface area contributed by atoms with E-state index in [-0.39, 0.29) is 10.8 Å². The minimum Gasteiger partial charge on any atom is -0.371 e. The van der Waals surface area contributed by atoms with Crippen molar-refractivity contribution in [3.05, 3.63) is 23.8 Å². The summed E-state index contributed by atoms with van der Waals surface area (Å²) in [6, 6.07) is 4.99. The Kier molecular flexibility index (Phi) is 6.08. The molecule has 150 valence electrons. The van der Waals surface area contributed by atoms with E-state index in [0.717, 1.165) is 51.1 Å². The van der Waals surface area contributed by atoms with E-state index >= 15 is 0 Å². The van der Waals surface area contributed by atoms with E-state index < -0.39 is 10.0 Å². The third-order valence-corrected chi connectivity index (χ3v) is 7.24. The number of rotatable bonds is 4. The number of benzene rings is 1. The molecule has 0 unspecified atom stereocenters. The number of carbonyl (C=O) groups excluding carboxylic acids is 1. The summed E-state index contributed by atoms with van der Waals surface area (Å²) in [6.45, 7) is 4.98. The van der Waals surface area contributed by atoms with E-state index in [1.54, 1.807) is 18.2 Å². The minimum absolute atomic E-state index is 0.0667. The number of hydrogen-bond donors (Lipinski definition) is 0. The Labute approximate surface area is 162 Å². The summed E-state index contributed by atoms with van der Waals surface area (Å²) in [5, 5.41) is 0. The molecule has 0 spiro atoms. The fourth-order valence-corrected chi connectivity index (χ4v) is 4.64. The van der Waals surface area contributed by atoms with Crippen molar-refractivity contribution in [2.75, 3.05) is 65.3 Å². The normalized spacial score (nSPS) is 19.6. The SMILES string of the molecule is CN1CCCN(C(=O)c2cc(S(=O)(=O)N(C)C)ccc2N2CCCC2)CC1. The van der Waals surface area contributed by atoms with E-state index in [1.165, 1.54) is 18.4 Å². The van der Waals surface area contributed by atoms with Crippen LogP contribution in [0.2, 0.25) is 0 Å². The molecule has 0 radical (unpaired) electrons. The molecule has 3 rings (SSSR count). The van der Waals surface area contributed by atoms with Gasteiger partial charge in [-0.05, 0) is 51.1 Å². The summed E-state index contributed by atoms with van der Waals surface area (Å²) >= 11 is 0. The van der Waals surface area contributed by atoms with Crippen LogP contribution >= 0.6 is 0 Å². The van der Waals surface area contributed by atoms with Crippen LogP contribution in [-0.2, 0) is 10.0 Å². The largest absolute Gasteiger partial charge is 0.371 e. The monoisotopic (exact) mass is 394 g/mol. The Morgan fingerprint density at radius 2 is 1.67 bits per heavy atom. The van der Waals surface area contributed by atoms with Crippen LogP contribution in [0.4, 0.5) is 5.69 Å². The highest BCUT2D eigenvalue weighted by atomic mass is 32.2. The molecule has 0 saturated carbocycles. The molecular formula is C19H30N4O3S. The fraction of sp³-hybridized carbons (Fsp3) is 0.632. The highest BCUT2D eigenvalue weighted by molar-refractivity contribution is 7.89. The smallest absolute Gasteiger partial charge is 0.256 e. The second-order valence-electron chi connectivity index (χ2n) is 7.61. The van der Waals surface area contributed by atoms with Crippen LogP contribution in [0.3, 0.4) is 0 Å². The van der Waals surface area contributed by atoms with Crippen LogP contribution in [0, 0.1) is 0 Å². The van der Waals surface area contributed by atoms with E-state index in [1.807, 2.05) is 4.90 Å². The van der Waals surface area contributed by atoms with Gasteiger partial charge in [0.05, 0.1) is 10.5 Å². The molecule has 2 aliphatic rings. The standard InChI is InChI=1S/C19H30N4O3S/c1-20(2)27(25,26)16-7-8-18(22-10-4-5-11-22)17(15-16)19(24)23-12-6-9-21(3)13-14-23/h7-8,15H,4-6,9-14H2,1-3H3.